The Labute approximate surface area is 144 Å². The second-order valence-corrected chi connectivity index (χ2v) is 7.73. The maximum atomic E-state index is 12.2. The van der Waals surface area contributed by atoms with E-state index in [0.717, 1.165) is 10.9 Å². The van der Waals surface area contributed by atoms with Gasteiger partial charge in [-0.3, -0.25) is 4.79 Å². The molecule has 24 heavy (non-hydrogen) atoms. The van der Waals surface area contributed by atoms with Crippen LogP contribution < -0.4 is 0 Å². The van der Waals surface area contributed by atoms with Gasteiger partial charge in [-0.05, 0) is 23.1 Å². The zero-order valence-electron chi connectivity index (χ0n) is 12.5. The summed E-state index contributed by atoms with van der Waals surface area (Å²) in [5.74, 6) is -0.117. The van der Waals surface area contributed by atoms with Gasteiger partial charge in [0.2, 0.25) is 0 Å². The number of fused-ring (bicyclic) bond motifs is 1. The number of benzene rings is 3. The number of carbonyl (C=O) groups excluding carboxylic acids is 1. The van der Waals surface area contributed by atoms with Crippen molar-refractivity contribution in [1.29, 1.82) is 0 Å². The number of hydrogen-bond acceptors (Lipinski definition) is 3. The summed E-state index contributed by atoms with van der Waals surface area (Å²) in [5.41, 5.74) is 1.34. The first kappa shape index (κ1) is 16.4. The van der Waals surface area contributed by atoms with E-state index in [-0.39, 0.29) is 10.7 Å². The molecule has 3 aromatic carbocycles. The van der Waals surface area contributed by atoms with Crippen molar-refractivity contribution in [3.63, 3.8) is 0 Å². The van der Waals surface area contributed by atoms with Gasteiger partial charge in [-0.2, -0.15) is 0 Å². The van der Waals surface area contributed by atoms with E-state index in [1.807, 2.05) is 12.1 Å². The molecule has 0 amide bonds. The molecular weight excluding hydrogens is 344 g/mol. The Morgan fingerprint density at radius 2 is 1.46 bits per heavy atom. The highest BCUT2D eigenvalue weighted by Crippen LogP contribution is 2.29. The lowest BCUT2D eigenvalue weighted by molar-refractivity contribution is 0.104. The minimum Gasteiger partial charge on any atom is -0.289 e. The fourth-order valence-corrected chi connectivity index (χ4v) is 3.59. The van der Waals surface area contributed by atoms with Crippen LogP contribution in [0.15, 0.2) is 77.7 Å². The molecule has 0 saturated carbocycles. The van der Waals surface area contributed by atoms with E-state index >= 15 is 0 Å². The van der Waals surface area contributed by atoms with Crippen molar-refractivity contribution in [3.8, 4) is 0 Å². The predicted molar refractivity (Wildman–Crippen MR) is 96.8 cm³/mol. The summed E-state index contributed by atoms with van der Waals surface area (Å²) in [6.45, 7) is 0. The molecular formula is C19H13ClO3S. The van der Waals surface area contributed by atoms with Crippen molar-refractivity contribution in [1.82, 2.24) is 0 Å². The maximum Gasteiger partial charge on any atom is 0.261 e. The molecule has 0 radical (unpaired) electrons. The first-order valence-electron chi connectivity index (χ1n) is 7.21. The van der Waals surface area contributed by atoms with Crippen LogP contribution in [0.2, 0.25) is 0 Å². The normalized spacial score (nSPS) is 11.9. The number of rotatable bonds is 4. The summed E-state index contributed by atoms with van der Waals surface area (Å²) in [4.78, 5) is 12.2. The topological polar surface area (TPSA) is 51.2 Å². The van der Waals surface area contributed by atoms with Gasteiger partial charge in [0.25, 0.3) is 9.05 Å². The highest BCUT2D eigenvalue weighted by Gasteiger charge is 2.15. The van der Waals surface area contributed by atoms with Gasteiger partial charge in [0, 0.05) is 21.6 Å². The van der Waals surface area contributed by atoms with Crippen molar-refractivity contribution in [2.75, 3.05) is 0 Å². The molecule has 0 atom stereocenters. The Morgan fingerprint density at radius 1 is 0.833 bits per heavy atom. The lowest BCUT2D eigenvalue weighted by Gasteiger charge is -2.06. The zero-order valence-corrected chi connectivity index (χ0v) is 14.1. The molecule has 0 saturated heterocycles. The Kier molecular flexibility index (Phi) is 4.51. The number of ketones is 1. The molecule has 120 valence electrons. The summed E-state index contributed by atoms with van der Waals surface area (Å²) in [6, 6.07) is 19.1. The molecule has 0 aromatic heterocycles. The molecule has 0 aliphatic heterocycles. The van der Waals surface area contributed by atoms with Crippen LogP contribution in [0.3, 0.4) is 0 Å². The van der Waals surface area contributed by atoms with Gasteiger partial charge in [-0.25, -0.2) is 8.42 Å². The fraction of sp³-hybridized carbons (Fsp3) is 0. The van der Waals surface area contributed by atoms with Crippen LogP contribution in [0.25, 0.3) is 16.8 Å². The largest absolute Gasteiger partial charge is 0.289 e. The summed E-state index contributed by atoms with van der Waals surface area (Å²) in [7, 11) is 1.66. The van der Waals surface area contributed by atoms with Gasteiger partial charge < -0.3 is 0 Å². The molecule has 0 N–H and O–H groups in total. The van der Waals surface area contributed by atoms with Gasteiger partial charge in [0.1, 0.15) is 0 Å². The first-order chi connectivity index (χ1) is 11.5. The quantitative estimate of drug-likeness (QED) is 0.388. The third kappa shape index (κ3) is 3.40. The van der Waals surface area contributed by atoms with Crippen LogP contribution in [-0.4, -0.2) is 14.2 Å². The molecule has 0 spiro atoms. The molecule has 0 unspecified atom stereocenters. The monoisotopic (exact) mass is 356 g/mol. The van der Waals surface area contributed by atoms with E-state index in [1.165, 1.54) is 12.1 Å². The molecule has 5 heteroatoms. The Hall–Kier alpha value is -2.43. The van der Waals surface area contributed by atoms with Crippen LogP contribution in [0.1, 0.15) is 15.9 Å². The third-order valence-electron chi connectivity index (χ3n) is 3.65. The average Bonchev–Trinajstić information content (AvgIpc) is 2.59. The van der Waals surface area contributed by atoms with Crippen LogP contribution in [0, 0.1) is 0 Å². The molecule has 0 bridgehead atoms. The van der Waals surface area contributed by atoms with Crippen molar-refractivity contribution in [3.05, 3.63) is 83.9 Å². The smallest absolute Gasteiger partial charge is 0.261 e. The highest BCUT2D eigenvalue weighted by molar-refractivity contribution is 8.14. The van der Waals surface area contributed by atoms with Gasteiger partial charge in [-0.15, -0.1) is 0 Å². The summed E-state index contributed by atoms with van der Waals surface area (Å²) in [5, 5.41) is 1.25. The lowest BCUT2D eigenvalue weighted by atomic mass is 10.0. The molecule has 0 heterocycles. The summed E-state index contributed by atoms with van der Waals surface area (Å²) < 4.78 is 23.4. The van der Waals surface area contributed by atoms with Crippen molar-refractivity contribution >= 4 is 42.4 Å². The van der Waals surface area contributed by atoms with Gasteiger partial charge in [0.05, 0.1) is 4.90 Å². The molecule has 3 rings (SSSR count). The highest BCUT2D eigenvalue weighted by atomic mass is 35.7. The van der Waals surface area contributed by atoms with Gasteiger partial charge >= 0.3 is 0 Å². The molecule has 3 aromatic rings. The second kappa shape index (κ2) is 6.59. The average molecular weight is 357 g/mol. The lowest BCUT2D eigenvalue weighted by Crippen LogP contribution is -1.95. The van der Waals surface area contributed by atoms with E-state index in [2.05, 4.69) is 0 Å². The minimum atomic E-state index is -3.84. The van der Waals surface area contributed by atoms with E-state index in [1.54, 1.807) is 54.6 Å². The number of carbonyl (C=O) groups is 1. The van der Waals surface area contributed by atoms with Crippen LogP contribution >= 0.6 is 10.7 Å². The van der Waals surface area contributed by atoms with Crippen molar-refractivity contribution < 1.29 is 13.2 Å². The molecule has 0 aliphatic rings. The third-order valence-corrected chi connectivity index (χ3v) is 5.03. The van der Waals surface area contributed by atoms with E-state index in [0.29, 0.717) is 10.9 Å². The van der Waals surface area contributed by atoms with Crippen molar-refractivity contribution in [2.45, 2.75) is 4.90 Å². The number of allylic oxidation sites excluding steroid dienone is 1. The predicted octanol–water partition coefficient (Wildman–Crippen LogP) is 4.66. The first-order valence-corrected chi connectivity index (χ1v) is 9.51. The fourth-order valence-electron chi connectivity index (χ4n) is 2.52. The zero-order chi connectivity index (χ0) is 17.2. The van der Waals surface area contributed by atoms with E-state index < -0.39 is 9.05 Å². The number of hydrogen-bond donors (Lipinski definition) is 0. The summed E-state index contributed by atoms with van der Waals surface area (Å²) >= 11 is 0. The minimum absolute atomic E-state index is 0.0614. The second-order valence-electron chi connectivity index (χ2n) is 5.20. The van der Waals surface area contributed by atoms with Crippen molar-refractivity contribution in [2.24, 2.45) is 0 Å². The van der Waals surface area contributed by atoms with Crippen LogP contribution in [0.5, 0.6) is 0 Å². The van der Waals surface area contributed by atoms with E-state index in [4.69, 9.17) is 10.7 Å². The Bertz CT molecular complexity index is 1040. The van der Waals surface area contributed by atoms with Gasteiger partial charge in [-0.1, -0.05) is 66.7 Å². The number of halogens is 1. The SMILES string of the molecule is O=C(C=Cc1ccc(S(=O)(=O)Cl)c2ccccc12)c1ccccc1. The van der Waals surface area contributed by atoms with E-state index in [9.17, 15) is 13.2 Å². The Balaban J connectivity index is 2.06. The molecule has 0 aliphatic carbocycles. The molecule has 3 nitrogen and oxygen atoms in total. The summed E-state index contributed by atoms with van der Waals surface area (Å²) in [6.07, 6.45) is 3.16. The van der Waals surface area contributed by atoms with Crippen LogP contribution in [-0.2, 0) is 9.05 Å². The standard InChI is InChI=1S/C19H13ClO3S/c20-24(22,23)19-13-11-14(16-8-4-5-9-17(16)19)10-12-18(21)15-6-2-1-3-7-15/h1-13H. The van der Waals surface area contributed by atoms with Gasteiger partial charge in [0.15, 0.2) is 5.78 Å². The maximum absolute atomic E-state index is 12.2. The molecule has 0 fully saturated rings. The Morgan fingerprint density at radius 3 is 2.12 bits per heavy atom. The van der Waals surface area contributed by atoms with Crippen LogP contribution in [0.4, 0.5) is 0 Å².